The van der Waals surface area contributed by atoms with Crippen LogP contribution in [0.4, 0.5) is 0 Å². The fraction of sp³-hybridized carbons (Fsp3) is 0.474. The van der Waals surface area contributed by atoms with E-state index in [9.17, 15) is 4.79 Å². The number of aromatic nitrogens is 2. The maximum absolute atomic E-state index is 11.7. The molecule has 0 aliphatic carbocycles. The normalized spacial score (nSPS) is 12.4. The number of hydrogen-bond acceptors (Lipinski definition) is 3. The maximum Gasteiger partial charge on any atom is 0.307 e. The number of hydrogen-bond donors (Lipinski definition) is 0. The van der Waals surface area contributed by atoms with E-state index in [4.69, 9.17) is 4.74 Å². The van der Waals surface area contributed by atoms with Gasteiger partial charge < -0.3 is 9.30 Å². The first-order chi connectivity index (χ1) is 10.9. The Labute approximate surface area is 138 Å². The third-order valence-corrected chi connectivity index (χ3v) is 4.19. The zero-order chi connectivity index (χ0) is 17.0. The van der Waals surface area contributed by atoms with Crippen molar-refractivity contribution >= 4 is 5.97 Å². The van der Waals surface area contributed by atoms with Gasteiger partial charge in [-0.3, -0.25) is 4.79 Å². The van der Waals surface area contributed by atoms with E-state index in [-0.39, 0.29) is 18.6 Å². The maximum atomic E-state index is 11.7. The lowest BCUT2D eigenvalue weighted by molar-refractivity contribution is -0.148. The summed E-state index contributed by atoms with van der Waals surface area (Å²) in [7, 11) is 0. The summed E-state index contributed by atoms with van der Waals surface area (Å²) in [6.07, 6.45) is 4.06. The first-order valence-electron chi connectivity index (χ1n) is 8.13. The number of carbonyl (C=O) groups excluding carboxylic acids is 1. The third kappa shape index (κ3) is 4.21. The predicted molar refractivity (Wildman–Crippen MR) is 91.2 cm³/mol. The van der Waals surface area contributed by atoms with Crippen molar-refractivity contribution in [2.45, 2.75) is 53.7 Å². The Morgan fingerprint density at radius 2 is 2.00 bits per heavy atom. The summed E-state index contributed by atoms with van der Waals surface area (Å²) in [6.45, 7) is 10.6. The second-order valence-corrected chi connectivity index (χ2v) is 6.51. The molecule has 2 aromatic rings. The van der Waals surface area contributed by atoms with Gasteiger partial charge in [0, 0.05) is 24.7 Å². The second-order valence-electron chi connectivity index (χ2n) is 6.51. The van der Waals surface area contributed by atoms with Crippen molar-refractivity contribution in [3.05, 3.63) is 53.1 Å². The summed E-state index contributed by atoms with van der Waals surface area (Å²) >= 11 is 0. The quantitative estimate of drug-likeness (QED) is 0.751. The first-order valence-corrected chi connectivity index (χ1v) is 8.13. The molecule has 0 saturated heterocycles. The average Bonchev–Trinajstić information content (AvgIpc) is 2.95. The van der Waals surface area contributed by atoms with E-state index < -0.39 is 0 Å². The van der Waals surface area contributed by atoms with E-state index in [2.05, 4.69) is 44.0 Å². The number of esters is 1. The largest absolute Gasteiger partial charge is 0.444 e. The molecule has 1 unspecified atom stereocenters. The molecule has 0 N–H and O–H groups in total. The van der Waals surface area contributed by atoms with Gasteiger partial charge in [-0.25, -0.2) is 4.98 Å². The number of carbonyl (C=O) groups is 1. The minimum absolute atomic E-state index is 0.147. The molecule has 0 aliphatic heterocycles. The molecule has 23 heavy (non-hydrogen) atoms. The molecule has 0 aliphatic rings. The van der Waals surface area contributed by atoms with Gasteiger partial charge in [0.15, 0.2) is 6.73 Å². The van der Waals surface area contributed by atoms with Crippen LogP contribution in [0.3, 0.4) is 0 Å². The summed E-state index contributed by atoms with van der Waals surface area (Å²) < 4.78 is 7.27. The van der Waals surface area contributed by atoms with E-state index in [1.165, 1.54) is 16.7 Å². The van der Waals surface area contributed by atoms with E-state index in [1.807, 2.05) is 24.6 Å². The molecule has 1 aromatic heterocycles. The molecule has 0 bridgehead atoms. The Kier molecular flexibility index (Phi) is 5.59. The van der Waals surface area contributed by atoms with Gasteiger partial charge in [-0.1, -0.05) is 39.0 Å². The zero-order valence-corrected chi connectivity index (χ0v) is 14.7. The van der Waals surface area contributed by atoms with E-state index >= 15 is 0 Å². The van der Waals surface area contributed by atoms with Gasteiger partial charge in [0.1, 0.15) is 5.82 Å². The number of ether oxygens (including phenoxy) is 1. The van der Waals surface area contributed by atoms with Gasteiger partial charge in [-0.2, -0.15) is 0 Å². The highest BCUT2D eigenvalue weighted by Gasteiger charge is 2.17. The summed E-state index contributed by atoms with van der Waals surface area (Å²) in [6, 6.07) is 6.33. The molecule has 1 aromatic carbocycles. The Morgan fingerprint density at radius 1 is 1.26 bits per heavy atom. The molecule has 4 nitrogen and oxygen atoms in total. The van der Waals surface area contributed by atoms with Crippen molar-refractivity contribution in [1.29, 1.82) is 0 Å². The third-order valence-electron chi connectivity index (χ3n) is 4.19. The lowest BCUT2D eigenvalue weighted by Crippen LogP contribution is -2.15. The standard InChI is InChI=1S/C19H26N2O2/c1-13(2)11-18(22)23-12-21-10-9-20-19(21)16(5)17-8-6-7-14(3)15(17)4/h6-10,13,16H,11-12H2,1-5H3. The van der Waals surface area contributed by atoms with Crippen LogP contribution in [0, 0.1) is 19.8 Å². The first kappa shape index (κ1) is 17.3. The van der Waals surface area contributed by atoms with E-state index in [0.29, 0.717) is 12.3 Å². The van der Waals surface area contributed by atoms with Gasteiger partial charge >= 0.3 is 5.97 Å². The fourth-order valence-electron chi connectivity index (χ4n) is 2.73. The molecule has 0 radical (unpaired) electrons. The second kappa shape index (κ2) is 7.44. The molecule has 0 saturated carbocycles. The summed E-state index contributed by atoms with van der Waals surface area (Å²) in [5.41, 5.74) is 3.81. The lowest BCUT2D eigenvalue weighted by atomic mass is 9.93. The Morgan fingerprint density at radius 3 is 2.70 bits per heavy atom. The Balaban J connectivity index is 2.14. The molecule has 2 rings (SSSR count). The predicted octanol–water partition coefficient (Wildman–Crippen LogP) is 4.20. The monoisotopic (exact) mass is 314 g/mol. The van der Waals surface area contributed by atoms with Gasteiger partial charge in [-0.15, -0.1) is 0 Å². The van der Waals surface area contributed by atoms with Gasteiger partial charge in [0.2, 0.25) is 0 Å². The summed E-state index contributed by atoms with van der Waals surface area (Å²) in [5, 5.41) is 0. The van der Waals surface area contributed by atoms with Gasteiger partial charge in [0.25, 0.3) is 0 Å². The number of benzene rings is 1. The van der Waals surface area contributed by atoms with Crippen LogP contribution in [-0.2, 0) is 16.3 Å². The Hall–Kier alpha value is -2.10. The average molecular weight is 314 g/mol. The zero-order valence-electron chi connectivity index (χ0n) is 14.7. The number of nitrogens with zero attached hydrogens (tertiary/aromatic N) is 2. The van der Waals surface area contributed by atoms with Crippen molar-refractivity contribution in [2.24, 2.45) is 5.92 Å². The minimum Gasteiger partial charge on any atom is -0.444 e. The van der Waals surface area contributed by atoms with Crippen LogP contribution >= 0.6 is 0 Å². The number of aryl methyl sites for hydroxylation is 1. The van der Waals surface area contributed by atoms with E-state index in [1.54, 1.807) is 6.20 Å². The highest BCUT2D eigenvalue weighted by atomic mass is 16.5. The molecule has 0 amide bonds. The topological polar surface area (TPSA) is 44.1 Å². The highest BCUT2D eigenvalue weighted by molar-refractivity contribution is 5.69. The van der Waals surface area contributed by atoms with Crippen molar-refractivity contribution in [1.82, 2.24) is 9.55 Å². The SMILES string of the molecule is Cc1cccc(C(C)c2nccn2COC(=O)CC(C)C)c1C. The van der Waals surface area contributed by atoms with Crippen LogP contribution in [0.5, 0.6) is 0 Å². The highest BCUT2D eigenvalue weighted by Crippen LogP contribution is 2.27. The number of rotatable bonds is 6. The fourth-order valence-corrected chi connectivity index (χ4v) is 2.73. The molecule has 0 fully saturated rings. The van der Waals surface area contributed by atoms with Crippen LogP contribution in [0.1, 0.15) is 55.6 Å². The van der Waals surface area contributed by atoms with Gasteiger partial charge in [-0.05, 0) is 36.5 Å². The number of imidazole rings is 1. The molecule has 1 atom stereocenters. The molecule has 4 heteroatoms. The van der Waals surface area contributed by atoms with Crippen LogP contribution in [-0.4, -0.2) is 15.5 Å². The van der Waals surface area contributed by atoms with Crippen molar-refractivity contribution < 1.29 is 9.53 Å². The molecule has 124 valence electrons. The Bertz CT molecular complexity index is 674. The summed E-state index contributed by atoms with van der Waals surface area (Å²) in [4.78, 5) is 16.2. The van der Waals surface area contributed by atoms with E-state index in [0.717, 1.165) is 5.82 Å². The van der Waals surface area contributed by atoms with Crippen molar-refractivity contribution in [3.8, 4) is 0 Å². The molecular weight excluding hydrogens is 288 g/mol. The van der Waals surface area contributed by atoms with Crippen LogP contribution in [0.15, 0.2) is 30.6 Å². The van der Waals surface area contributed by atoms with Crippen molar-refractivity contribution in [3.63, 3.8) is 0 Å². The molecular formula is C19H26N2O2. The molecule has 1 heterocycles. The lowest BCUT2D eigenvalue weighted by Gasteiger charge is -2.18. The van der Waals surface area contributed by atoms with Gasteiger partial charge in [0.05, 0.1) is 0 Å². The van der Waals surface area contributed by atoms with Crippen LogP contribution < -0.4 is 0 Å². The molecule has 0 spiro atoms. The minimum atomic E-state index is -0.168. The van der Waals surface area contributed by atoms with Crippen molar-refractivity contribution in [2.75, 3.05) is 0 Å². The van der Waals surface area contributed by atoms with Crippen LogP contribution in [0.25, 0.3) is 0 Å². The van der Waals surface area contributed by atoms with Crippen LogP contribution in [0.2, 0.25) is 0 Å². The smallest absolute Gasteiger partial charge is 0.307 e. The summed E-state index contributed by atoms with van der Waals surface area (Å²) in [5.74, 6) is 1.20.